The van der Waals surface area contributed by atoms with E-state index in [2.05, 4.69) is 36.1 Å². The fourth-order valence-corrected chi connectivity index (χ4v) is 4.48. The lowest BCUT2D eigenvalue weighted by Gasteiger charge is -2.45. The summed E-state index contributed by atoms with van der Waals surface area (Å²) in [6, 6.07) is 8.84. The van der Waals surface area contributed by atoms with Crippen LogP contribution in [-0.4, -0.2) is 31.6 Å². The van der Waals surface area contributed by atoms with E-state index in [4.69, 9.17) is 4.74 Å². The van der Waals surface area contributed by atoms with Gasteiger partial charge in [-0.3, -0.25) is 0 Å². The van der Waals surface area contributed by atoms with Gasteiger partial charge >= 0.3 is 0 Å². The third kappa shape index (κ3) is 2.35. The molecule has 0 spiro atoms. The van der Waals surface area contributed by atoms with Crippen molar-refractivity contribution in [2.24, 2.45) is 5.92 Å². The van der Waals surface area contributed by atoms with Crippen molar-refractivity contribution in [2.75, 3.05) is 26.7 Å². The fraction of sp³-hybridized carbons (Fsp3) is 0.667. The molecule has 1 saturated heterocycles. The highest BCUT2D eigenvalue weighted by Gasteiger charge is 2.46. The Morgan fingerprint density at radius 1 is 1.35 bits per heavy atom. The topological polar surface area (TPSA) is 12.5 Å². The molecule has 2 nitrogen and oxygen atoms in total. The second kappa shape index (κ2) is 5.77. The average Bonchev–Trinajstić information content (AvgIpc) is 2.92. The quantitative estimate of drug-likeness (QED) is 0.826. The maximum atomic E-state index is 5.44. The lowest BCUT2D eigenvalue weighted by Crippen LogP contribution is -2.47. The molecule has 1 aromatic carbocycles. The number of rotatable bonds is 4. The number of hydrogen-bond acceptors (Lipinski definition) is 2. The second-order valence-electron chi connectivity index (χ2n) is 6.53. The third-order valence-electron chi connectivity index (χ3n) is 5.49. The van der Waals surface area contributed by atoms with E-state index in [0.717, 1.165) is 11.7 Å². The minimum Gasteiger partial charge on any atom is -0.497 e. The first kappa shape index (κ1) is 13.9. The Bertz CT molecular complexity index is 458. The minimum atomic E-state index is 0.429. The standard InChI is InChI=1S/C18H27NO/c1-3-11-19-12-10-18(9-5-7-16(18)14-19)15-6-4-8-17(13-15)20-2/h4,6,8,13,16H,3,5,7,9-12,14H2,1-2H3. The van der Waals surface area contributed by atoms with Gasteiger partial charge in [-0.1, -0.05) is 25.5 Å². The Kier molecular flexibility index (Phi) is 4.02. The van der Waals surface area contributed by atoms with Crippen LogP contribution in [0.5, 0.6) is 5.75 Å². The zero-order valence-corrected chi connectivity index (χ0v) is 12.9. The average molecular weight is 273 g/mol. The Labute approximate surface area is 123 Å². The van der Waals surface area contributed by atoms with Gasteiger partial charge in [0, 0.05) is 12.0 Å². The normalized spacial score (nSPS) is 30.2. The van der Waals surface area contributed by atoms with Crippen LogP contribution >= 0.6 is 0 Å². The van der Waals surface area contributed by atoms with Crippen LogP contribution < -0.4 is 4.74 Å². The Hall–Kier alpha value is -1.02. The van der Waals surface area contributed by atoms with Crippen molar-refractivity contribution < 1.29 is 4.74 Å². The molecule has 1 saturated carbocycles. The van der Waals surface area contributed by atoms with Gasteiger partial charge in [-0.05, 0) is 62.4 Å². The molecular weight excluding hydrogens is 246 g/mol. The Morgan fingerprint density at radius 2 is 2.25 bits per heavy atom. The number of hydrogen-bond donors (Lipinski definition) is 0. The van der Waals surface area contributed by atoms with Crippen molar-refractivity contribution >= 4 is 0 Å². The van der Waals surface area contributed by atoms with Crippen LogP contribution in [0.2, 0.25) is 0 Å². The number of nitrogens with zero attached hydrogens (tertiary/aromatic N) is 1. The van der Waals surface area contributed by atoms with Gasteiger partial charge in [-0.25, -0.2) is 0 Å². The second-order valence-corrected chi connectivity index (χ2v) is 6.53. The van der Waals surface area contributed by atoms with Gasteiger partial charge in [0.05, 0.1) is 7.11 Å². The van der Waals surface area contributed by atoms with Crippen LogP contribution in [0.1, 0.15) is 44.6 Å². The van der Waals surface area contributed by atoms with Gasteiger partial charge in [0.1, 0.15) is 5.75 Å². The molecule has 2 aliphatic rings. The van der Waals surface area contributed by atoms with Gasteiger partial charge in [0.15, 0.2) is 0 Å². The molecule has 0 amide bonds. The van der Waals surface area contributed by atoms with E-state index in [-0.39, 0.29) is 0 Å². The van der Waals surface area contributed by atoms with E-state index in [9.17, 15) is 0 Å². The SMILES string of the molecule is CCCN1CCC2(c3cccc(OC)c3)CCCC2C1. The molecule has 110 valence electrons. The van der Waals surface area contributed by atoms with Crippen LogP contribution in [-0.2, 0) is 5.41 Å². The first-order valence-corrected chi connectivity index (χ1v) is 8.15. The zero-order valence-electron chi connectivity index (χ0n) is 12.9. The first-order chi connectivity index (χ1) is 9.78. The molecule has 2 unspecified atom stereocenters. The molecule has 0 aromatic heterocycles. The van der Waals surface area contributed by atoms with Crippen molar-refractivity contribution in [1.29, 1.82) is 0 Å². The molecule has 1 aromatic rings. The summed E-state index contributed by atoms with van der Waals surface area (Å²) in [5.41, 5.74) is 1.95. The smallest absolute Gasteiger partial charge is 0.119 e. The molecule has 1 aliphatic carbocycles. The number of benzene rings is 1. The van der Waals surface area contributed by atoms with E-state index in [1.54, 1.807) is 7.11 Å². The number of likely N-dealkylation sites (tertiary alicyclic amines) is 1. The van der Waals surface area contributed by atoms with Crippen LogP contribution in [0.15, 0.2) is 24.3 Å². The Balaban J connectivity index is 1.86. The molecule has 1 aliphatic heterocycles. The predicted octanol–water partition coefficient (Wildman–Crippen LogP) is 3.85. The van der Waals surface area contributed by atoms with Crippen LogP contribution in [0.4, 0.5) is 0 Å². The summed E-state index contributed by atoms with van der Waals surface area (Å²) in [7, 11) is 1.77. The molecular formula is C18H27NO. The maximum Gasteiger partial charge on any atom is 0.119 e. The van der Waals surface area contributed by atoms with E-state index in [0.29, 0.717) is 5.41 Å². The summed E-state index contributed by atoms with van der Waals surface area (Å²) >= 11 is 0. The van der Waals surface area contributed by atoms with E-state index < -0.39 is 0 Å². The summed E-state index contributed by atoms with van der Waals surface area (Å²) < 4.78 is 5.44. The summed E-state index contributed by atoms with van der Waals surface area (Å²) in [5, 5.41) is 0. The van der Waals surface area contributed by atoms with Crippen molar-refractivity contribution in [3.8, 4) is 5.75 Å². The first-order valence-electron chi connectivity index (χ1n) is 8.15. The molecule has 1 heterocycles. The van der Waals surface area contributed by atoms with Crippen molar-refractivity contribution in [2.45, 2.75) is 44.4 Å². The summed E-state index contributed by atoms with van der Waals surface area (Å²) in [6.07, 6.45) is 6.76. The lowest BCUT2D eigenvalue weighted by atomic mass is 9.67. The molecule has 0 N–H and O–H groups in total. The van der Waals surface area contributed by atoms with Gasteiger partial charge in [-0.15, -0.1) is 0 Å². The third-order valence-corrected chi connectivity index (χ3v) is 5.49. The molecule has 2 fully saturated rings. The highest BCUT2D eigenvalue weighted by molar-refractivity contribution is 5.36. The van der Waals surface area contributed by atoms with Crippen LogP contribution in [0.3, 0.4) is 0 Å². The molecule has 0 radical (unpaired) electrons. The van der Waals surface area contributed by atoms with E-state index in [1.165, 1.54) is 57.3 Å². The van der Waals surface area contributed by atoms with Gasteiger partial charge < -0.3 is 9.64 Å². The van der Waals surface area contributed by atoms with Gasteiger partial charge in [0.25, 0.3) is 0 Å². The number of piperidine rings is 1. The van der Waals surface area contributed by atoms with E-state index in [1.807, 2.05) is 0 Å². The van der Waals surface area contributed by atoms with E-state index >= 15 is 0 Å². The highest BCUT2D eigenvalue weighted by atomic mass is 16.5. The number of fused-ring (bicyclic) bond motifs is 1. The molecule has 20 heavy (non-hydrogen) atoms. The summed E-state index contributed by atoms with van der Waals surface area (Å²) in [4.78, 5) is 2.68. The zero-order chi connectivity index (χ0) is 14.0. The fourth-order valence-electron chi connectivity index (χ4n) is 4.48. The monoisotopic (exact) mass is 273 g/mol. The number of methoxy groups -OCH3 is 1. The van der Waals surface area contributed by atoms with Crippen LogP contribution in [0.25, 0.3) is 0 Å². The van der Waals surface area contributed by atoms with Gasteiger partial charge in [0.2, 0.25) is 0 Å². The number of ether oxygens (including phenoxy) is 1. The van der Waals surface area contributed by atoms with Crippen LogP contribution in [0, 0.1) is 5.92 Å². The molecule has 2 heteroatoms. The maximum absolute atomic E-state index is 5.44. The molecule has 0 bridgehead atoms. The largest absolute Gasteiger partial charge is 0.497 e. The summed E-state index contributed by atoms with van der Waals surface area (Å²) in [6.45, 7) is 6.12. The van der Waals surface area contributed by atoms with Crippen molar-refractivity contribution in [1.82, 2.24) is 4.90 Å². The Morgan fingerprint density at radius 3 is 3.05 bits per heavy atom. The summed E-state index contributed by atoms with van der Waals surface area (Å²) in [5.74, 6) is 1.86. The molecule has 2 atom stereocenters. The van der Waals surface area contributed by atoms with Gasteiger partial charge in [-0.2, -0.15) is 0 Å². The highest BCUT2D eigenvalue weighted by Crippen LogP contribution is 2.51. The van der Waals surface area contributed by atoms with Crippen molar-refractivity contribution in [3.05, 3.63) is 29.8 Å². The predicted molar refractivity (Wildman–Crippen MR) is 83.4 cm³/mol. The lowest BCUT2D eigenvalue weighted by molar-refractivity contribution is 0.111. The van der Waals surface area contributed by atoms with Crippen molar-refractivity contribution in [3.63, 3.8) is 0 Å². The molecule has 3 rings (SSSR count). The minimum absolute atomic E-state index is 0.429.